The SMILES string of the molecule is O=C(CCC(=O)C(CC1CCOCC1)c1ccc(S(=O)(=O)C2CC2)cc1)c1ncc(COC2CCCCO2)s1. The Morgan fingerprint density at radius 1 is 1.00 bits per heavy atom. The minimum Gasteiger partial charge on any atom is -0.381 e. The quantitative estimate of drug-likeness (QED) is 0.298. The van der Waals surface area contributed by atoms with Crippen LogP contribution in [-0.4, -0.2) is 56.3 Å². The molecule has 0 radical (unpaired) electrons. The number of aromatic nitrogens is 1. The Kier molecular flexibility index (Phi) is 9.60. The zero-order valence-electron chi connectivity index (χ0n) is 22.2. The smallest absolute Gasteiger partial charge is 0.191 e. The largest absolute Gasteiger partial charge is 0.381 e. The van der Waals surface area contributed by atoms with Crippen molar-refractivity contribution in [3.05, 3.63) is 45.9 Å². The molecule has 0 bridgehead atoms. The number of Topliss-reactive ketones (excluding diaryl/α,β-unsaturated/α-hetero) is 2. The fraction of sp³-hybridized carbons (Fsp3) is 0.621. The van der Waals surface area contributed by atoms with Gasteiger partial charge in [-0.3, -0.25) is 9.59 Å². The van der Waals surface area contributed by atoms with Gasteiger partial charge in [-0.2, -0.15) is 0 Å². The fourth-order valence-electron chi connectivity index (χ4n) is 5.27. The third kappa shape index (κ3) is 7.61. The predicted octanol–water partition coefficient (Wildman–Crippen LogP) is 5.25. The molecule has 1 aromatic heterocycles. The van der Waals surface area contributed by atoms with E-state index in [2.05, 4.69) is 4.98 Å². The monoisotopic (exact) mass is 575 g/mol. The maximum Gasteiger partial charge on any atom is 0.191 e. The first-order valence-electron chi connectivity index (χ1n) is 14.1. The molecule has 2 saturated heterocycles. The maximum atomic E-state index is 13.5. The Balaban J connectivity index is 1.20. The van der Waals surface area contributed by atoms with Crippen molar-refractivity contribution < 1.29 is 32.2 Å². The standard InChI is InChI=1S/C29H37NO7S2/c31-26(10-11-27(32)29-30-18-22(38-29)19-37-28-3-1-2-14-36-28)25(17-20-12-15-35-16-13-20)21-4-6-23(7-5-21)39(33,34)24-8-9-24/h4-7,18,20,24-25,28H,1-3,8-17,19H2. The second-order valence-electron chi connectivity index (χ2n) is 10.8. The van der Waals surface area contributed by atoms with Crippen molar-refractivity contribution in [3.63, 3.8) is 0 Å². The van der Waals surface area contributed by atoms with Gasteiger partial charge in [0.1, 0.15) is 5.78 Å². The molecule has 5 rings (SSSR count). The molecule has 39 heavy (non-hydrogen) atoms. The summed E-state index contributed by atoms with van der Waals surface area (Å²) >= 11 is 1.30. The van der Waals surface area contributed by atoms with Gasteiger partial charge in [0.2, 0.25) is 0 Å². The van der Waals surface area contributed by atoms with E-state index in [9.17, 15) is 18.0 Å². The summed E-state index contributed by atoms with van der Waals surface area (Å²) in [4.78, 5) is 31.8. The van der Waals surface area contributed by atoms with Gasteiger partial charge in [-0.05, 0) is 75.0 Å². The molecule has 3 fully saturated rings. The van der Waals surface area contributed by atoms with Gasteiger partial charge in [0.15, 0.2) is 26.9 Å². The van der Waals surface area contributed by atoms with E-state index < -0.39 is 9.84 Å². The summed E-state index contributed by atoms with van der Waals surface area (Å²) in [7, 11) is -3.28. The number of carbonyl (C=O) groups excluding carboxylic acids is 2. The molecule has 212 valence electrons. The maximum absolute atomic E-state index is 13.5. The molecule has 8 nitrogen and oxygen atoms in total. The minimum atomic E-state index is -3.28. The molecular formula is C29H37NO7S2. The van der Waals surface area contributed by atoms with Gasteiger partial charge in [-0.25, -0.2) is 13.4 Å². The Bertz CT molecular complexity index is 1220. The highest BCUT2D eigenvalue weighted by atomic mass is 32.2. The number of carbonyl (C=O) groups is 2. The summed E-state index contributed by atoms with van der Waals surface area (Å²) in [6.45, 7) is 2.44. The molecule has 3 heterocycles. The van der Waals surface area contributed by atoms with Crippen LogP contribution in [-0.2, 0) is 35.4 Å². The zero-order chi connectivity index (χ0) is 27.2. The number of benzene rings is 1. The molecule has 2 aliphatic heterocycles. The van der Waals surface area contributed by atoms with Crippen LogP contribution in [0.5, 0.6) is 0 Å². The van der Waals surface area contributed by atoms with E-state index in [0.29, 0.717) is 61.5 Å². The number of ether oxygens (including phenoxy) is 3. The average molecular weight is 576 g/mol. The highest BCUT2D eigenvalue weighted by Gasteiger charge is 2.37. The van der Waals surface area contributed by atoms with Crippen molar-refractivity contribution in [2.45, 2.75) is 93.2 Å². The summed E-state index contributed by atoms with van der Waals surface area (Å²) in [6, 6.07) is 6.83. The van der Waals surface area contributed by atoms with Gasteiger partial charge < -0.3 is 14.2 Å². The first-order valence-corrected chi connectivity index (χ1v) is 16.4. The molecule has 1 aromatic carbocycles. The lowest BCUT2D eigenvalue weighted by molar-refractivity contribution is -0.168. The lowest BCUT2D eigenvalue weighted by Crippen LogP contribution is -2.22. The lowest BCUT2D eigenvalue weighted by Gasteiger charge is -2.26. The van der Waals surface area contributed by atoms with Crippen molar-refractivity contribution in [1.82, 2.24) is 4.98 Å². The van der Waals surface area contributed by atoms with Crippen molar-refractivity contribution >= 4 is 32.7 Å². The second-order valence-corrected chi connectivity index (χ2v) is 14.1. The molecule has 0 spiro atoms. The first-order chi connectivity index (χ1) is 18.9. The summed E-state index contributed by atoms with van der Waals surface area (Å²) in [6.07, 6.45) is 8.59. The van der Waals surface area contributed by atoms with Gasteiger partial charge >= 0.3 is 0 Å². The number of sulfone groups is 1. The van der Waals surface area contributed by atoms with E-state index in [1.807, 2.05) is 0 Å². The highest BCUT2D eigenvalue weighted by molar-refractivity contribution is 7.92. The zero-order valence-corrected chi connectivity index (χ0v) is 23.9. The molecular weight excluding hydrogens is 538 g/mol. The number of rotatable bonds is 13. The average Bonchev–Trinajstić information content (AvgIpc) is 3.73. The van der Waals surface area contributed by atoms with E-state index in [1.165, 1.54) is 11.3 Å². The lowest BCUT2D eigenvalue weighted by atomic mass is 9.81. The van der Waals surface area contributed by atoms with Crippen molar-refractivity contribution in [3.8, 4) is 0 Å². The summed E-state index contributed by atoms with van der Waals surface area (Å²) in [5.74, 6) is -0.173. The number of thiazole rings is 1. The van der Waals surface area contributed by atoms with Gasteiger partial charge in [0.05, 0.1) is 21.6 Å². The van der Waals surface area contributed by atoms with Crippen LogP contribution in [0.1, 0.15) is 90.4 Å². The van der Waals surface area contributed by atoms with Crippen LogP contribution in [0.25, 0.3) is 0 Å². The normalized spacial score (nSPS) is 21.5. The highest BCUT2D eigenvalue weighted by Crippen LogP contribution is 2.36. The summed E-state index contributed by atoms with van der Waals surface area (Å²) in [5.41, 5.74) is 0.812. The molecule has 0 N–H and O–H groups in total. The number of hydrogen-bond donors (Lipinski definition) is 0. The van der Waals surface area contributed by atoms with E-state index in [-0.39, 0.29) is 41.9 Å². The minimum absolute atomic E-state index is 0.00204. The number of hydrogen-bond acceptors (Lipinski definition) is 9. The molecule has 1 saturated carbocycles. The molecule has 2 atom stereocenters. The van der Waals surface area contributed by atoms with Gasteiger partial charge in [-0.15, -0.1) is 11.3 Å². The van der Waals surface area contributed by atoms with Crippen LogP contribution < -0.4 is 0 Å². The van der Waals surface area contributed by atoms with Crippen LogP contribution >= 0.6 is 11.3 Å². The Morgan fingerprint density at radius 2 is 1.77 bits per heavy atom. The van der Waals surface area contributed by atoms with E-state index in [4.69, 9.17) is 14.2 Å². The van der Waals surface area contributed by atoms with E-state index in [0.717, 1.165) is 42.5 Å². The van der Waals surface area contributed by atoms with Crippen molar-refractivity contribution in [2.75, 3.05) is 19.8 Å². The molecule has 0 amide bonds. The Labute approximate surface area is 234 Å². The number of ketones is 2. The van der Waals surface area contributed by atoms with E-state index in [1.54, 1.807) is 30.5 Å². The first kappa shape index (κ1) is 28.5. The third-order valence-electron chi connectivity index (χ3n) is 7.81. The summed E-state index contributed by atoms with van der Waals surface area (Å²) < 4.78 is 42.1. The van der Waals surface area contributed by atoms with Crippen LogP contribution in [0.2, 0.25) is 0 Å². The van der Waals surface area contributed by atoms with Crippen LogP contribution in [0.4, 0.5) is 0 Å². The van der Waals surface area contributed by atoms with Gasteiger partial charge in [-0.1, -0.05) is 12.1 Å². The van der Waals surface area contributed by atoms with Gasteiger partial charge in [0, 0.05) is 44.8 Å². The second kappa shape index (κ2) is 13.1. The third-order valence-corrected chi connectivity index (χ3v) is 11.1. The van der Waals surface area contributed by atoms with Crippen molar-refractivity contribution in [2.24, 2.45) is 5.92 Å². The van der Waals surface area contributed by atoms with Crippen LogP contribution in [0, 0.1) is 5.92 Å². The summed E-state index contributed by atoms with van der Waals surface area (Å²) in [5, 5.41) is 0.120. The van der Waals surface area contributed by atoms with E-state index >= 15 is 0 Å². The Morgan fingerprint density at radius 3 is 2.46 bits per heavy atom. The topological polar surface area (TPSA) is 109 Å². The number of nitrogens with zero attached hydrogens (tertiary/aromatic N) is 1. The molecule has 10 heteroatoms. The Hall–Kier alpha value is -1.98. The van der Waals surface area contributed by atoms with Crippen molar-refractivity contribution in [1.29, 1.82) is 0 Å². The molecule has 3 aliphatic rings. The predicted molar refractivity (Wildman–Crippen MR) is 147 cm³/mol. The molecule has 1 aliphatic carbocycles. The molecule has 2 unspecified atom stereocenters. The fourth-order valence-corrected chi connectivity index (χ4v) is 7.73. The van der Waals surface area contributed by atoms with Crippen LogP contribution in [0.3, 0.4) is 0 Å². The van der Waals surface area contributed by atoms with Crippen LogP contribution in [0.15, 0.2) is 35.4 Å². The van der Waals surface area contributed by atoms with Gasteiger partial charge in [0.25, 0.3) is 0 Å². The molecule has 2 aromatic rings.